The third-order valence-corrected chi connectivity index (χ3v) is 5.51. The number of nitrogens with zero attached hydrogens (tertiary/aromatic N) is 1. The summed E-state index contributed by atoms with van der Waals surface area (Å²) < 4.78 is 27.8. The molecule has 0 aliphatic carbocycles. The van der Waals surface area contributed by atoms with Gasteiger partial charge in [0.05, 0.1) is 21.7 Å². The van der Waals surface area contributed by atoms with E-state index in [-0.39, 0.29) is 4.90 Å². The molecule has 1 heterocycles. The molecule has 0 bridgehead atoms. The molecule has 0 fully saturated rings. The maximum Gasteiger partial charge on any atom is 0.262 e. The predicted octanol–water partition coefficient (Wildman–Crippen LogP) is 3.80. The molecule has 2 N–H and O–H groups in total. The Hall–Kier alpha value is -2.49. The molecule has 0 amide bonds. The molecule has 0 spiro atoms. The summed E-state index contributed by atoms with van der Waals surface area (Å²) in [6, 6.07) is 11.9. The average Bonchev–Trinajstić information content (AvgIpc) is 2.93. The number of anilines is 1. The van der Waals surface area contributed by atoms with E-state index >= 15 is 0 Å². The van der Waals surface area contributed by atoms with Crippen molar-refractivity contribution >= 4 is 38.2 Å². The number of fused-ring (bicyclic) bond motifs is 1. The Morgan fingerprint density at radius 1 is 1.22 bits per heavy atom. The van der Waals surface area contributed by atoms with Crippen LogP contribution in [0.3, 0.4) is 0 Å². The van der Waals surface area contributed by atoms with Gasteiger partial charge in [0.1, 0.15) is 6.07 Å². The van der Waals surface area contributed by atoms with Gasteiger partial charge in [-0.3, -0.25) is 4.72 Å². The normalized spacial score (nSPS) is 11.3. The van der Waals surface area contributed by atoms with Gasteiger partial charge < -0.3 is 4.98 Å². The first kappa shape index (κ1) is 15.4. The van der Waals surface area contributed by atoms with E-state index in [4.69, 9.17) is 16.9 Å². The van der Waals surface area contributed by atoms with Crippen LogP contribution in [-0.2, 0) is 10.0 Å². The lowest BCUT2D eigenvalue weighted by atomic mass is 10.2. The third kappa shape index (κ3) is 2.65. The van der Waals surface area contributed by atoms with Crippen LogP contribution in [0.5, 0.6) is 0 Å². The van der Waals surface area contributed by atoms with Crippen molar-refractivity contribution in [1.82, 2.24) is 4.98 Å². The number of hydrogen-bond donors (Lipinski definition) is 2. The lowest BCUT2D eigenvalue weighted by Crippen LogP contribution is -2.14. The Morgan fingerprint density at radius 2 is 1.96 bits per heavy atom. The van der Waals surface area contributed by atoms with Crippen LogP contribution < -0.4 is 4.72 Å². The van der Waals surface area contributed by atoms with Crippen molar-refractivity contribution in [1.29, 1.82) is 5.26 Å². The van der Waals surface area contributed by atoms with Gasteiger partial charge in [0, 0.05) is 16.6 Å². The van der Waals surface area contributed by atoms with Gasteiger partial charge in [-0.25, -0.2) is 8.42 Å². The molecule has 0 saturated heterocycles. The summed E-state index contributed by atoms with van der Waals surface area (Å²) in [6.45, 7) is 1.65. The number of halogens is 1. The second kappa shape index (κ2) is 5.61. The molecular formula is C16H12ClN3O2S. The number of benzene rings is 2. The van der Waals surface area contributed by atoms with Crippen molar-refractivity contribution in [2.24, 2.45) is 0 Å². The van der Waals surface area contributed by atoms with Crippen LogP contribution in [0.2, 0.25) is 5.02 Å². The minimum absolute atomic E-state index is 0.120. The summed E-state index contributed by atoms with van der Waals surface area (Å²) in [7, 11) is -3.79. The van der Waals surface area contributed by atoms with Crippen LogP contribution in [-0.4, -0.2) is 13.4 Å². The minimum Gasteiger partial charge on any atom is -0.358 e. The summed E-state index contributed by atoms with van der Waals surface area (Å²) in [5.74, 6) is 0. The Bertz CT molecular complexity index is 1050. The quantitative estimate of drug-likeness (QED) is 0.757. The highest BCUT2D eigenvalue weighted by Gasteiger charge is 2.19. The van der Waals surface area contributed by atoms with E-state index in [1.54, 1.807) is 43.5 Å². The Morgan fingerprint density at radius 3 is 2.70 bits per heavy atom. The SMILES string of the molecule is Cc1c(Cl)cccc1S(=O)(=O)Nc1cccc2c(C#N)c[nH]c12. The molecule has 0 atom stereocenters. The van der Waals surface area contributed by atoms with Gasteiger partial charge in [-0.2, -0.15) is 5.26 Å². The Kier molecular flexibility index (Phi) is 3.76. The van der Waals surface area contributed by atoms with Gasteiger partial charge in [-0.05, 0) is 30.7 Å². The van der Waals surface area contributed by atoms with Crippen LogP contribution in [0.15, 0.2) is 47.5 Å². The number of sulfonamides is 1. The van der Waals surface area contributed by atoms with Gasteiger partial charge in [0.15, 0.2) is 0 Å². The van der Waals surface area contributed by atoms with Gasteiger partial charge >= 0.3 is 0 Å². The zero-order valence-corrected chi connectivity index (χ0v) is 13.7. The van der Waals surface area contributed by atoms with Crippen LogP contribution in [0.1, 0.15) is 11.1 Å². The van der Waals surface area contributed by atoms with Crippen LogP contribution in [0, 0.1) is 18.3 Å². The summed E-state index contributed by atoms with van der Waals surface area (Å²) >= 11 is 6.01. The lowest BCUT2D eigenvalue weighted by Gasteiger charge is -2.12. The van der Waals surface area contributed by atoms with E-state index in [1.807, 2.05) is 0 Å². The fourth-order valence-corrected chi connectivity index (χ4v) is 3.98. The maximum absolute atomic E-state index is 12.6. The molecule has 23 heavy (non-hydrogen) atoms. The van der Waals surface area contributed by atoms with E-state index in [1.165, 1.54) is 6.07 Å². The van der Waals surface area contributed by atoms with E-state index < -0.39 is 10.0 Å². The molecule has 1 aromatic heterocycles. The monoisotopic (exact) mass is 345 g/mol. The first-order valence-electron chi connectivity index (χ1n) is 6.72. The summed E-state index contributed by atoms with van der Waals surface area (Å²) in [5.41, 5.74) is 1.88. The first-order valence-corrected chi connectivity index (χ1v) is 8.58. The maximum atomic E-state index is 12.6. The fraction of sp³-hybridized carbons (Fsp3) is 0.0625. The topological polar surface area (TPSA) is 85.8 Å². The highest BCUT2D eigenvalue weighted by Crippen LogP contribution is 2.29. The number of nitrogens with one attached hydrogen (secondary N) is 2. The zero-order chi connectivity index (χ0) is 16.6. The largest absolute Gasteiger partial charge is 0.358 e. The van der Waals surface area contributed by atoms with Crippen molar-refractivity contribution in [2.45, 2.75) is 11.8 Å². The molecule has 0 aliphatic heterocycles. The number of aromatic nitrogens is 1. The first-order chi connectivity index (χ1) is 10.9. The molecule has 0 unspecified atom stereocenters. The molecule has 116 valence electrons. The number of para-hydroxylation sites is 1. The number of aromatic amines is 1. The molecule has 3 rings (SSSR count). The lowest BCUT2D eigenvalue weighted by molar-refractivity contribution is 0.600. The summed E-state index contributed by atoms with van der Waals surface area (Å²) in [4.78, 5) is 3.05. The van der Waals surface area contributed by atoms with Crippen molar-refractivity contribution in [3.05, 3.63) is 58.7 Å². The van der Waals surface area contributed by atoms with E-state index in [2.05, 4.69) is 15.8 Å². The highest BCUT2D eigenvalue weighted by atomic mass is 35.5. The Labute approximate surface area is 138 Å². The number of hydrogen-bond acceptors (Lipinski definition) is 3. The van der Waals surface area contributed by atoms with Crippen LogP contribution in [0.4, 0.5) is 5.69 Å². The minimum atomic E-state index is -3.79. The third-order valence-electron chi connectivity index (χ3n) is 3.59. The predicted molar refractivity (Wildman–Crippen MR) is 90.0 cm³/mol. The molecule has 0 radical (unpaired) electrons. The molecule has 0 aliphatic rings. The van der Waals surface area contributed by atoms with Gasteiger partial charge in [-0.1, -0.05) is 29.8 Å². The van der Waals surface area contributed by atoms with Gasteiger partial charge in [-0.15, -0.1) is 0 Å². The van der Waals surface area contributed by atoms with Gasteiger partial charge in [0.2, 0.25) is 0 Å². The summed E-state index contributed by atoms with van der Waals surface area (Å²) in [5, 5.41) is 10.1. The van der Waals surface area contributed by atoms with Crippen molar-refractivity contribution < 1.29 is 8.42 Å². The summed E-state index contributed by atoms with van der Waals surface area (Å²) in [6.07, 6.45) is 1.55. The van der Waals surface area contributed by atoms with E-state index in [0.29, 0.717) is 32.7 Å². The Balaban J connectivity index is 2.10. The number of H-pyrrole nitrogens is 1. The molecule has 3 aromatic rings. The van der Waals surface area contributed by atoms with E-state index in [9.17, 15) is 8.42 Å². The zero-order valence-electron chi connectivity index (χ0n) is 12.1. The molecular weight excluding hydrogens is 334 g/mol. The molecule has 0 saturated carbocycles. The standard InChI is InChI=1S/C16H12ClN3O2S/c1-10-13(17)5-3-7-15(10)23(21,22)20-14-6-2-4-12-11(8-18)9-19-16(12)14/h2-7,9,19-20H,1H3. The molecule has 5 nitrogen and oxygen atoms in total. The average molecular weight is 346 g/mol. The smallest absolute Gasteiger partial charge is 0.262 e. The van der Waals surface area contributed by atoms with Crippen LogP contribution >= 0.6 is 11.6 Å². The van der Waals surface area contributed by atoms with Crippen LogP contribution in [0.25, 0.3) is 10.9 Å². The second-order valence-electron chi connectivity index (χ2n) is 5.01. The van der Waals surface area contributed by atoms with Crippen molar-refractivity contribution in [2.75, 3.05) is 4.72 Å². The number of nitriles is 1. The van der Waals surface area contributed by atoms with Gasteiger partial charge in [0.25, 0.3) is 10.0 Å². The molecule has 2 aromatic carbocycles. The fourth-order valence-electron chi connectivity index (χ4n) is 2.41. The van der Waals surface area contributed by atoms with Crippen molar-refractivity contribution in [3.63, 3.8) is 0 Å². The second-order valence-corrected chi connectivity index (χ2v) is 7.07. The van der Waals surface area contributed by atoms with Crippen molar-refractivity contribution in [3.8, 4) is 6.07 Å². The van der Waals surface area contributed by atoms with E-state index in [0.717, 1.165) is 0 Å². The molecule has 7 heteroatoms. The number of rotatable bonds is 3. The highest BCUT2D eigenvalue weighted by molar-refractivity contribution is 7.92.